The smallest absolute Gasteiger partial charge is 0.0365 e. The van der Waals surface area contributed by atoms with Gasteiger partial charge in [0.2, 0.25) is 0 Å². The molecule has 0 heterocycles. The van der Waals surface area contributed by atoms with Crippen molar-refractivity contribution < 1.29 is 0 Å². The van der Waals surface area contributed by atoms with E-state index in [0.717, 1.165) is 12.2 Å². The molecule has 3 heteroatoms. The number of nitrogens with zero attached hydrogens (tertiary/aromatic N) is 1. The normalized spacial score (nSPS) is 10.1. The summed E-state index contributed by atoms with van der Waals surface area (Å²) in [5, 5.41) is 0. The summed E-state index contributed by atoms with van der Waals surface area (Å²) in [5.74, 6) is 2.37. The molecule has 0 atom stereocenters. The van der Waals surface area contributed by atoms with E-state index >= 15 is 0 Å². The van der Waals surface area contributed by atoms with Gasteiger partial charge in [-0.2, -0.15) is 11.8 Å². The lowest BCUT2D eigenvalue weighted by molar-refractivity contribution is 0.977. The van der Waals surface area contributed by atoms with Gasteiger partial charge >= 0.3 is 0 Å². The molecule has 0 saturated heterocycles. The second kappa shape index (κ2) is 5.81. The first-order valence-corrected chi connectivity index (χ1v) is 6.04. The SMILES string of the molecule is CCSCCN(C)c1ccc(N)cc1. The van der Waals surface area contributed by atoms with Crippen molar-refractivity contribution in [2.75, 3.05) is 35.7 Å². The van der Waals surface area contributed by atoms with Crippen molar-refractivity contribution >= 4 is 23.1 Å². The Balaban J connectivity index is 2.43. The fourth-order valence-corrected chi connectivity index (χ4v) is 1.90. The Hall–Kier alpha value is -0.830. The zero-order valence-corrected chi connectivity index (χ0v) is 9.68. The minimum atomic E-state index is 0.824. The average Bonchev–Trinajstić information content (AvgIpc) is 2.19. The number of nitrogens with two attached hydrogens (primary N) is 1. The van der Waals surface area contributed by atoms with Crippen LogP contribution in [0.2, 0.25) is 0 Å². The van der Waals surface area contributed by atoms with Crippen molar-refractivity contribution in [2.24, 2.45) is 0 Å². The summed E-state index contributed by atoms with van der Waals surface area (Å²) in [4.78, 5) is 2.25. The third kappa shape index (κ3) is 3.50. The summed E-state index contributed by atoms with van der Waals surface area (Å²) in [6.45, 7) is 3.27. The molecule has 0 unspecified atom stereocenters. The van der Waals surface area contributed by atoms with E-state index in [2.05, 4.69) is 31.0 Å². The van der Waals surface area contributed by atoms with E-state index in [1.807, 2.05) is 23.9 Å². The van der Waals surface area contributed by atoms with Gasteiger partial charge in [0.25, 0.3) is 0 Å². The molecule has 1 aromatic carbocycles. The first kappa shape index (κ1) is 11.2. The summed E-state index contributed by atoms with van der Waals surface area (Å²) in [7, 11) is 2.11. The van der Waals surface area contributed by atoms with Gasteiger partial charge in [0.15, 0.2) is 0 Å². The van der Waals surface area contributed by atoms with Crippen molar-refractivity contribution in [3.8, 4) is 0 Å². The summed E-state index contributed by atoms with van der Waals surface area (Å²) in [6.07, 6.45) is 0. The van der Waals surface area contributed by atoms with Crippen molar-refractivity contribution in [3.05, 3.63) is 24.3 Å². The van der Waals surface area contributed by atoms with Gasteiger partial charge in [-0.25, -0.2) is 0 Å². The van der Waals surface area contributed by atoms with Crippen LogP contribution in [0.15, 0.2) is 24.3 Å². The molecule has 14 heavy (non-hydrogen) atoms. The van der Waals surface area contributed by atoms with E-state index in [0.29, 0.717) is 0 Å². The average molecular weight is 210 g/mol. The highest BCUT2D eigenvalue weighted by atomic mass is 32.2. The second-order valence-corrected chi connectivity index (χ2v) is 4.60. The number of thioether (sulfide) groups is 1. The number of anilines is 2. The quantitative estimate of drug-likeness (QED) is 0.598. The van der Waals surface area contributed by atoms with Gasteiger partial charge in [0.05, 0.1) is 0 Å². The fourth-order valence-electron chi connectivity index (χ4n) is 1.20. The van der Waals surface area contributed by atoms with Crippen LogP contribution >= 0.6 is 11.8 Å². The Morgan fingerprint density at radius 3 is 2.50 bits per heavy atom. The van der Waals surface area contributed by atoms with Gasteiger partial charge in [0.1, 0.15) is 0 Å². The molecule has 0 aliphatic heterocycles. The largest absolute Gasteiger partial charge is 0.399 e. The van der Waals surface area contributed by atoms with E-state index < -0.39 is 0 Å². The van der Waals surface area contributed by atoms with Gasteiger partial charge in [-0.15, -0.1) is 0 Å². The number of hydrogen-bond donors (Lipinski definition) is 1. The first-order chi connectivity index (χ1) is 6.74. The van der Waals surface area contributed by atoms with Crippen LogP contribution in [-0.2, 0) is 0 Å². The molecule has 2 nitrogen and oxygen atoms in total. The topological polar surface area (TPSA) is 29.3 Å². The third-order valence-corrected chi connectivity index (χ3v) is 2.99. The van der Waals surface area contributed by atoms with Crippen LogP contribution in [0.3, 0.4) is 0 Å². The molecule has 78 valence electrons. The van der Waals surface area contributed by atoms with Crippen LogP contribution in [0.25, 0.3) is 0 Å². The van der Waals surface area contributed by atoms with Crippen molar-refractivity contribution in [2.45, 2.75) is 6.92 Å². The number of rotatable bonds is 5. The highest BCUT2D eigenvalue weighted by molar-refractivity contribution is 7.99. The molecular formula is C11H18N2S. The van der Waals surface area contributed by atoms with E-state index in [1.54, 1.807) is 0 Å². The Kier molecular flexibility index (Phi) is 4.66. The van der Waals surface area contributed by atoms with Crippen LogP contribution in [0, 0.1) is 0 Å². The molecule has 0 saturated carbocycles. The molecule has 1 rings (SSSR count). The van der Waals surface area contributed by atoms with Gasteiger partial charge < -0.3 is 10.6 Å². The summed E-state index contributed by atoms with van der Waals surface area (Å²) in [6, 6.07) is 8.01. The van der Waals surface area contributed by atoms with Crippen LogP contribution in [0.4, 0.5) is 11.4 Å². The van der Waals surface area contributed by atoms with E-state index in [1.165, 1.54) is 17.2 Å². The first-order valence-electron chi connectivity index (χ1n) is 4.88. The van der Waals surface area contributed by atoms with E-state index in [4.69, 9.17) is 5.73 Å². The maximum absolute atomic E-state index is 5.63. The Bertz CT molecular complexity index is 258. The molecule has 0 aliphatic rings. The zero-order chi connectivity index (χ0) is 10.4. The zero-order valence-electron chi connectivity index (χ0n) is 8.86. The summed E-state index contributed by atoms with van der Waals surface area (Å²) in [5.41, 5.74) is 7.68. The van der Waals surface area contributed by atoms with Crippen molar-refractivity contribution in [1.29, 1.82) is 0 Å². The minimum absolute atomic E-state index is 0.824. The number of benzene rings is 1. The monoisotopic (exact) mass is 210 g/mol. The molecule has 2 N–H and O–H groups in total. The van der Waals surface area contributed by atoms with Crippen LogP contribution in [-0.4, -0.2) is 25.1 Å². The van der Waals surface area contributed by atoms with Crippen molar-refractivity contribution in [3.63, 3.8) is 0 Å². The fraction of sp³-hybridized carbons (Fsp3) is 0.455. The number of nitrogen functional groups attached to an aromatic ring is 1. The Labute approximate surface area is 90.5 Å². The predicted molar refractivity (Wildman–Crippen MR) is 67.1 cm³/mol. The van der Waals surface area contributed by atoms with Gasteiger partial charge in [-0.05, 0) is 30.0 Å². The van der Waals surface area contributed by atoms with E-state index in [-0.39, 0.29) is 0 Å². The maximum atomic E-state index is 5.63. The molecule has 0 aromatic heterocycles. The molecule has 1 aromatic rings. The lowest BCUT2D eigenvalue weighted by atomic mass is 10.2. The predicted octanol–water partition coefficient (Wildman–Crippen LogP) is 2.46. The molecule has 0 spiro atoms. The summed E-state index contributed by atoms with van der Waals surface area (Å²) >= 11 is 1.97. The van der Waals surface area contributed by atoms with Crippen LogP contribution in [0.5, 0.6) is 0 Å². The minimum Gasteiger partial charge on any atom is -0.399 e. The Morgan fingerprint density at radius 1 is 1.29 bits per heavy atom. The molecule has 0 fully saturated rings. The van der Waals surface area contributed by atoms with Crippen LogP contribution in [0.1, 0.15) is 6.92 Å². The van der Waals surface area contributed by atoms with Gasteiger partial charge in [0, 0.05) is 30.7 Å². The number of hydrogen-bond acceptors (Lipinski definition) is 3. The van der Waals surface area contributed by atoms with Crippen molar-refractivity contribution in [1.82, 2.24) is 0 Å². The lowest BCUT2D eigenvalue weighted by Gasteiger charge is -2.18. The molecule has 0 amide bonds. The molecule has 0 radical (unpaired) electrons. The van der Waals surface area contributed by atoms with Crippen LogP contribution < -0.4 is 10.6 Å². The molecule has 0 bridgehead atoms. The Morgan fingerprint density at radius 2 is 1.93 bits per heavy atom. The van der Waals surface area contributed by atoms with Gasteiger partial charge in [-0.3, -0.25) is 0 Å². The molecular weight excluding hydrogens is 192 g/mol. The maximum Gasteiger partial charge on any atom is 0.0365 e. The molecule has 0 aliphatic carbocycles. The highest BCUT2D eigenvalue weighted by Crippen LogP contribution is 2.15. The summed E-state index contributed by atoms with van der Waals surface area (Å²) < 4.78 is 0. The van der Waals surface area contributed by atoms with E-state index in [9.17, 15) is 0 Å². The highest BCUT2D eigenvalue weighted by Gasteiger charge is 1.99. The lowest BCUT2D eigenvalue weighted by Crippen LogP contribution is -2.20. The van der Waals surface area contributed by atoms with Gasteiger partial charge in [-0.1, -0.05) is 6.92 Å². The standard InChI is InChI=1S/C11H18N2S/c1-3-14-9-8-13(2)11-6-4-10(12)5-7-11/h4-7H,3,8-9,12H2,1-2H3. The second-order valence-electron chi connectivity index (χ2n) is 3.21. The third-order valence-electron chi connectivity index (χ3n) is 2.11.